The molecule has 0 fully saturated rings. The summed E-state index contributed by atoms with van der Waals surface area (Å²) in [6.45, 7) is 6.44. The summed E-state index contributed by atoms with van der Waals surface area (Å²) in [5, 5.41) is 9.31. The highest BCUT2D eigenvalue weighted by Gasteiger charge is 2.29. The van der Waals surface area contributed by atoms with Crippen LogP contribution in [0.25, 0.3) is 0 Å². The number of anilines is 1. The Morgan fingerprint density at radius 3 is 2.86 bits per heavy atom. The third-order valence-electron chi connectivity index (χ3n) is 3.94. The maximum absolute atomic E-state index is 6.11. The summed E-state index contributed by atoms with van der Waals surface area (Å²) in [4.78, 5) is 0. The largest absolute Gasteiger partial charge is 0.367 e. The molecule has 0 amide bonds. The topological polar surface area (TPSA) is 29.9 Å². The van der Waals surface area contributed by atoms with Crippen molar-refractivity contribution < 1.29 is 0 Å². The minimum Gasteiger partial charge on any atom is -0.367 e. The van der Waals surface area contributed by atoms with Gasteiger partial charge >= 0.3 is 0 Å². The van der Waals surface area contributed by atoms with Crippen LogP contribution in [-0.4, -0.2) is 21.6 Å². The fraction of sp³-hybridized carbons (Fsp3) is 0.438. The second-order valence-electron chi connectivity index (χ2n) is 5.73. The van der Waals surface area contributed by atoms with Gasteiger partial charge in [-0.05, 0) is 44.0 Å². The lowest BCUT2D eigenvalue weighted by molar-refractivity contribution is 0.747. The number of benzene rings is 1. The number of hydrogen-bond acceptors (Lipinski definition) is 3. The predicted octanol–water partition coefficient (Wildman–Crippen LogP) is 4.33. The van der Waals surface area contributed by atoms with Crippen LogP contribution in [-0.2, 0) is 7.05 Å². The van der Waals surface area contributed by atoms with Gasteiger partial charge in [0.2, 0.25) is 0 Å². The molecule has 0 saturated heterocycles. The molecule has 1 aliphatic rings. The molecule has 5 heteroatoms. The molecule has 2 atom stereocenters. The van der Waals surface area contributed by atoms with Gasteiger partial charge in [-0.15, -0.1) is 11.8 Å². The number of aryl methyl sites for hydroxylation is 3. The van der Waals surface area contributed by atoms with E-state index in [0.717, 1.165) is 22.3 Å². The summed E-state index contributed by atoms with van der Waals surface area (Å²) in [5.74, 6) is 2.21. The molecule has 1 N–H and O–H groups in total. The van der Waals surface area contributed by atoms with E-state index in [4.69, 9.17) is 11.6 Å². The van der Waals surface area contributed by atoms with E-state index in [1.807, 2.05) is 35.6 Å². The normalized spacial score (nSPS) is 21.6. The predicted molar refractivity (Wildman–Crippen MR) is 91.5 cm³/mol. The number of nitrogens with zero attached hydrogens (tertiary/aromatic N) is 2. The Morgan fingerprint density at radius 1 is 1.38 bits per heavy atom. The van der Waals surface area contributed by atoms with Gasteiger partial charge in [0.05, 0.1) is 10.9 Å². The fourth-order valence-electron chi connectivity index (χ4n) is 2.94. The van der Waals surface area contributed by atoms with Crippen molar-refractivity contribution in [2.24, 2.45) is 7.05 Å². The molecular formula is C16H20ClN3S. The van der Waals surface area contributed by atoms with Gasteiger partial charge in [-0.25, -0.2) is 0 Å². The summed E-state index contributed by atoms with van der Waals surface area (Å²) in [6.07, 6.45) is 0. The zero-order valence-electron chi connectivity index (χ0n) is 12.8. The van der Waals surface area contributed by atoms with Crippen LogP contribution in [0.2, 0.25) is 5.02 Å². The highest BCUT2D eigenvalue weighted by molar-refractivity contribution is 7.99. The number of nitrogens with one attached hydrogen (secondary N) is 1. The van der Waals surface area contributed by atoms with E-state index in [0.29, 0.717) is 11.3 Å². The molecule has 112 valence electrons. The van der Waals surface area contributed by atoms with Crippen LogP contribution >= 0.6 is 23.4 Å². The number of aromatic nitrogens is 2. The number of fused-ring (bicyclic) bond motifs is 1. The van der Waals surface area contributed by atoms with Gasteiger partial charge in [-0.1, -0.05) is 17.7 Å². The molecule has 0 spiro atoms. The van der Waals surface area contributed by atoms with Gasteiger partial charge in [0.25, 0.3) is 0 Å². The Kier molecular flexibility index (Phi) is 3.93. The van der Waals surface area contributed by atoms with E-state index >= 15 is 0 Å². The first kappa shape index (κ1) is 14.8. The molecule has 3 nitrogen and oxygen atoms in total. The average molecular weight is 322 g/mol. The van der Waals surface area contributed by atoms with Crippen molar-refractivity contribution in [1.82, 2.24) is 9.78 Å². The Bertz CT molecular complexity index is 680. The fourth-order valence-corrected chi connectivity index (χ4v) is 4.62. The molecular weight excluding hydrogens is 302 g/mol. The number of thioether (sulfide) groups is 1. The maximum Gasteiger partial charge on any atom is 0.129 e. The zero-order chi connectivity index (χ0) is 15.1. The summed E-state index contributed by atoms with van der Waals surface area (Å²) in [5.41, 5.74) is 4.97. The van der Waals surface area contributed by atoms with Gasteiger partial charge in [0, 0.05) is 29.4 Å². The van der Waals surface area contributed by atoms with Gasteiger partial charge in [-0.2, -0.15) is 5.10 Å². The number of halogens is 1. The van der Waals surface area contributed by atoms with Gasteiger partial charge < -0.3 is 5.32 Å². The Labute approximate surface area is 135 Å². The first-order valence-corrected chi connectivity index (χ1v) is 8.57. The molecule has 1 aromatic heterocycles. The Balaban J connectivity index is 2.15. The maximum atomic E-state index is 6.11. The van der Waals surface area contributed by atoms with Crippen molar-refractivity contribution >= 4 is 29.2 Å². The summed E-state index contributed by atoms with van der Waals surface area (Å²) < 4.78 is 1.96. The molecule has 2 heterocycles. The summed E-state index contributed by atoms with van der Waals surface area (Å²) in [6, 6.07) is 6.62. The highest BCUT2D eigenvalue weighted by Crippen LogP contribution is 2.44. The number of rotatable bonds is 1. The molecule has 1 aliphatic heterocycles. The van der Waals surface area contributed by atoms with Gasteiger partial charge in [0.15, 0.2) is 0 Å². The summed E-state index contributed by atoms with van der Waals surface area (Å²) >= 11 is 8.09. The van der Waals surface area contributed by atoms with E-state index in [1.165, 1.54) is 16.7 Å². The van der Waals surface area contributed by atoms with Gasteiger partial charge in [0.1, 0.15) is 5.82 Å². The van der Waals surface area contributed by atoms with Crippen LogP contribution in [0.1, 0.15) is 34.6 Å². The first-order chi connectivity index (χ1) is 9.97. The van der Waals surface area contributed by atoms with Crippen LogP contribution in [0.4, 0.5) is 5.82 Å². The van der Waals surface area contributed by atoms with Crippen molar-refractivity contribution in [2.45, 2.75) is 32.1 Å². The minimum absolute atomic E-state index is 0.309. The molecule has 0 saturated carbocycles. The lowest BCUT2D eigenvalue weighted by atomic mass is 9.99. The second kappa shape index (κ2) is 5.58. The standard InChI is InChI=1S/C16H20ClN3S/c1-9-7-12(17)5-6-13(9)15-14-11(3)19-20(4)16(14)18-10(2)8-21-15/h5-7,10,15,18H,8H2,1-4H3/t10-,15+/m0/s1. The van der Waals surface area contributed by atoms with E-state index < -0.39 is 0 Å². The Morgan fingerprint density at radius 2 is 2.14 bits per heavy atom. The van der Waals surface area contributed by atoms with Crippen LogP contribution in [0.3, 0.4) is 0 Å². The molecule has 2 aromatic rings. The van der Waals surface area contributed by atoms with E-state index in [2.05, 4.69) is 37.3 Å². The van der Waals surface area contributed by atoms with E-state index in [-0.39, 0.29) is 0 Å². The third-order valence-corrected chi connectivity index (χ3v) is 5.69. The van der Waals surface area contributed by atoms with Crippen molar-refractivity contribution in [3.8, 4) is 0 Å². The van der Waals surface area contributed by atoms with Crippen molar-refractivity contribution in [3.63, 3.8) is 0 Å². The van der Waals surface area contributed by atoms with Crippen molar-refractivity contribution in [2.75, 3.05) is 11.1 Å². The molecule has 0 bridgehead atoms. The average Bonchev–Trinajstić information content (AvgIpc) is 2.59. The monoisotopic (exact) mass is 321 g/mol. The second-order valence-corrected chi connectivity index (χ2v) is 7.31. The van der Waals surface area contributed by atoms with Crippen LogP contribution in [0.5, 0.6) is 0 Å². The quantitative estimate of drug-likeness (QED) is 0.848. The lowest BCUT2D eigenvalue weighted by Crippen LogP contribution is -2.18. The first-order valence-electron chi connectivity index (χ1n) is 7.15. The molecule has 0 aliphatic carbocycles. The third kappa shape index (κ3) is 2.67. The molecule has 0 radical (unpaired) electrons. The van der Waals surface area contributed by atoms with Crippen LogP contribution in [0.15, 0.2) is 18.2 Å². The smallest absolute Gasteiger partial charge is 0.129 e. The zero-order valence-corrected chi connectivity index (χ0v) is 14.3. The van der Waals surface area contributed by atoms with E-state index in [9.17, 15) is 0 Å². The summed E-state index contributed by atoms with van der Waals surface area (Å²) in [7, 11) is 2.01. The molecule has 0 unspecified atom stereocenters. The molecule has 21 heavy (non-hydrogen) atoms. The molecule has 1 aromatic carbocycles. The van der Waals surface area contributed by atoms with Gasteiger partial charge in [-0.3, -0.25) is 4.68 Å². The van der Waals surface area contributed by atoms with Crippen LogP contribution in [0, 0.1) is 13.8 Å². The highest BCUT2D eigenvalue weighted by atomic mass is 35.5. The van der Waals surface area contributed by atoms with E-state index in [1.54, 1.807) is 0 Å². The van der Waals surface area contributed by atoms with Crippen molar-refractivity contribution in [3.05, 3.63) is 45.6 Å². The van der Waals surface area contributed by atoms with Crippen molar-refractivity contribution in [1.29, 1.82) is 0 Å². The number of hydrogen-bond donors (Lipinski definition) is 1. The molecule has 3 rings (SSSR count). The SMILES string of the molecule is Cc1cc(Cl)ccc1[C@H]1SC[C@H](C)Nc2c1c(C)nn2C. The van der Waals surface area contributed by atoms with Crippen LogP contribution < -0.4 is 5.32 Å². The Hall–Kier alpha value is -1.13. The lowest BCUT2D eigenvalue weighted by Gasteiger charge is -2.18. The minimum atomic E-state index is 0.309.